The van der Waals surface area contributed by atoms with Crippen molar-refractivity contribution in [1.29, 1.82) is 0 Å². The summed E-state index contributed by atoms with van der Waals surface area (Å²) in [7, 11) is 0.270. The first kappa shape index (κ1) is 11.5. The van der Waals surface area contributed by atoms with Gasteiger partial charge in [-0.3, -0.25) is 0 Å². The number of aryl methyl sites for hydroxylation is 1. The fourth-order valence-corrected chi connectivity index (χ4v) is 2.39. The minimum absolute atomic E-state index is 0.270. The van der Waals surface area contributed by atoms with Crippen molar-refractivity contribution < 1.29 is 5.11 Å². The minimum atomic E-state index is 0.270. The smallest absolute Gasteiger partial charge is 0.115 e. The fourth-order valence-electron chi connectivity index (χ4n) is 1.37. The monoisotopic (exact) mass is 210 g/mol. The van der Waals surface area contributed by atoms with Crippen LogP contribution >= 0.6 is 7.92 Å². The molecule has 0 saturated carbocycles. The van der Waals surface area contributed by atoms with Gasteiger partial charge in [0.25, 0.3) is 0 Å². The highest BCUT2D eigenvalue weighted by atomic mass is 31.1. The van der Waals surface area contributed by atoms with Crippen molar-refractivity contribution in [2.24, 2.45) is 0 Å². The van der Waals surface area contributed by atoms with E-state index in [4.69, 9.17) is 5.11 Å². The predicted octanol–water partition coefficient (Wildman–Crippen LogP) is 3.46. The summed E-state index contributed by atoms with van der Waals surface area (Å²) in [4.78, 5) is 0. The van der Waals surface area contributed by atoms with Gasteiger partial charge in [-0.15, -0.1) is 7.92 Å². The molecule has 1 rings (SSSR count). The maximum Gasteiger partial charge on any atom is 0.115 e. The Morgan fingerprint density at radius 1 is 1.21 bits per heavy atom. The van der Waals surface area contributed by atoms with E-state index in [-0.39, 0.29) is 7.92 Å². The van der Waals surface area contributed by atoms with Crippen LogP contribution in [0.1, 0.15) is 18.9 Å². The normalized spacial score (nSPS) is 12.7. The topological polar surface area (TPSA) is 20.2 Å². The van der Waals surface area contributed by atoms with Crippen molar-refractivity contribution in [2.75, 3.05) is 19.0 Å². The number of phenols is 1. The summed E-state index contributed by atoms with van der Waals surface area (Å²) in [5.74, 6) is 0.361. The lowest BCUT2D eigenvalue weighted by Crippen LogP contribution is -1.90. The molecule has 0 aliphatic heterocycles. The van der Waals surface area contributed by atoms with E-state index in [2.05, 4.69) is 13.6 Å². The van der Waals surface area contributed by atoms with Gasteiger partial charge in [0.2, 0.25) is 0 Å². The molecule has 1 N–H and O–H groups in total. The van der Waals surface area contributed by atoms with Crippen molar-refractivity contribution in [2.45, 2.75) is 19.8 Å². The van der Waals surface area contributed by atoms with Crippen LogP contribution in [0.4, 0.5) is 0 Å². The van der Waals surface area contributed by atoms with E-state index in [1.165, 1.54) is 24.3 Å². The molecule has 1 unspecified atom stereocenters. The molecule has 0 saturated heterocycles. The van der Waals surface area contributed by atoms with Crippen LogP contribution in [0, 0.1) is 0 Å². The van der Waals surface area contributed by atoms with Crippen molar-refractivity contribution in [3.05, 3.63) is 29.8 Å². The zero-order valence-corrected chi connectivity index (χ0v) is 9.93. The molecular formula is C12H19OP. The molecule has 0 heterocycles. The first-order valence-electron chi connectivity index (χ1n) is 5.19. The van der Waals surface area contributed by atoms with Crippen molar-refractivity contribution >= 4 is 7.92 Å². The maximum absolute atomic E-state index is 9.11. The van der Waals surface area contributed by atoms with Gasteiger partial charge in [-0.2, -0.15) is 0 Å². The highest BCUT2D eigenvalue weighted by Crippen LogP contribution is 2.30. The molecule has 1 atom stereocenters. The second-order valence-corrected chi connectivity index (χ2v) is 6.46. The third-order valence-electron chi connectivity index (χ3n) is 2.48. The molecule has 2 heteroatoms. The molecule has 0 aliphatic carbocycles. The first-order chi connectivity index (χ1) is 6.72. The van der Waals surface area contributed by atoms with E-state index in [9.17, 15) is 0 Å². The van der Waals surface area contributed by atoms with E-state index < -0.39 is 0 Å². The summed E-state index contributed by atoms with van der Waals surface area (Å²) in [6.07, 6.45) is 5.13. The third kappa shape index (κ3) is 4.11. The van der Waals surface area contributed by atoms with Gasteiger partial charge in [0, 0.05) is 0 Å². The molecule has 1 nitrogen and oxygen atoms in total. The van der Waals surface area contributed by atoms with Crippen LogP contribution < -0.4 is 0 Å². The Labute approximate surface area is 87.9 Å². The van der Waals surface area contributed by atoms with Crippen LogP contribution in [0.25, 0.3) is 0 Å². The summed E-state index contributed by atoms with van der Waals surface area (Å²) >= 11 is 0. The lowest BCUT2D eigenvalue weighted by Gasteiger charge is -2.08. The van der Waals surface area contributed by atoms with Gasteiger partial charge in [-0.1, -0.05) is 19.1 Å². The van der Waals surface area contributed by atoms with Crippen LogP contribution in [0.5, 0.6) is 5.75 Å². The van der Waals surface area contributed by atoms with E-state index >= 15 is 0 Å². The Morgan fingerprint density at radius 3 is 2.43 bits per heavy atom. The van der Waals surface area contributed by atoms with Crippen LogP contribution in [0.2, 0.25) is 0 Å². The van der Waals surface area contributed by atoms with E-state index in [1.54, 1.807) is 12.1 Å². The molecule has 1 aromatic carbocycles. The number of rotatable bonds is 5. The highest BCUT2D eigenvalue weighted by molar-refractivity contribution is 7.56. The van der Waals surface area contributed by atoms with Gasteiger partial charge in [-0.25, -0.2) is 0 Å². The van der Waals surface area contributed by atoms with E-state index in [0.717, 1.165) is 6.42 Å². The molecule has 0 spiro atoms. The Balaban J connectivity index is 2.28. The Hall–Kier alpha value is -0.550. The number of hydrogen-bond donors (Lipinski definition) is 1. The molecule has 0 radical (unpaired) electrons. The zero-order valence-electron chi connectivity index (χ0n) is 9.03. The summed E-state index contributed by atoms with van der Waals surface area (Å²) in [6.45, 7) is 4.64. The summed E-state index contributed by atoms with van der Waals surface area (Å²) in [5.41, 5.74) is 1.34. The number of aromatic hydroxyl groups is 1. The van der Waals surface area contributed by atoms with Gasteiger partial charge in [-0.05, 0) is 49.5 Å². The van der Waals surface area contributed by atoms with E-state index in [0.29, 0.717) is 5.75 Å². The second-order valence-electron chi connectivity index (χ2n) is 3.67. The lowest BCUT2D eigenvalue weighted by atomic mass is 10.1. The third-order valence-corrected chi connectivity index (χ3v) is 4.64. The van der Waals surface area contributed by atoms with Crippen LogP contribution in [0.3, 0.4) is 0 Å². The number of benzene rings is 1. The summed E-state index contributed by atoms with van der Waals surface area (Å²) in [5, 5.41) is 9.11. The summed E-state index contributed by atoms with van der Waals surface area (Å²) < 4.78 is 0. The minimum Gasteiger partial charge on any atom is -0.508 e. The number of hydrogen-bond acceptors (Lipinski definition) is 1. The molecule has 14 heavy (non-hydrogen) atoms. The lowest BCUT2D eigenvalue weighted by molar-refractivity contribution is 0.475. The number of phenolic OH excluding ortho intramolecular Hbond substituents is 1. The summed E-state index contributed by atoms with van der Waals surface area (Å²) in [6, 6.07) is 7.56. The molecule has 0 fully saturated rings. The molecule has 0 amide bonds. The standard InChI is InChI=1S/C12H19OP/c1-3-14(2)10-4-5-11-6-8-12(13)9-7-11/h6-9,13H,3-5,10H2,1-2H3. The second kappa shape index (κ2) is 6.03. The molecule has 0 bridgehead atoms. The first-order valence-corrected chi connectivity index (χ1v) is 7.34. The van der Waals surface area contributed by atoms with Gasteiger partial charge in [0.05, 0.1) is 0 Å². The predicted molar refractivity (Wildman–Crippen MR) is 64.7 cm³/mol. The van der Waals surface area contributed by atoms with Gasteiger partial charge >= 0.3 is 0 Å². The molecular weight excluding hydrogens is 191 g/mol. The van der Waals surface area contributed by atoms with Crippen LogP contribution in [-0.2, 0) is 6.42 Å². The fraction of sp³-hybridized carbons (Fsp3) is 0.500. The largest absolute Gasteiger partial charge is 0.508 e. The van der Waals surface area contributed by atoms with Gasteiger partial charge in [0.1, 0.15) is 5.75 Å². The average Bonchev–Trinajstić information content (AvgIpc) is 2.21. The average molecular weight is 210 g/mol. The van der Waals surface area contributed by atoms with E-state index in [1.807, 2.05) is 12.1 Å². The van der Waals surface area contributed by atoms with Crippen LogP contribution in [0.15, 0.2) is 24.3 Å². The van der Waals surface area contributed by atoms with Gasteiger partial charge in [0.15, 0.2) is 0 Å². The Kier molecular flexibility index (Phi) is 4.97. The zero-order chi connectivity index (χ0) is 10.4. The molecule has 0 aliphatic rings. The Bertz CT molecular complexity index is 256. The SMILES string of the molecule is CCP(C)CCCc1ccc(O)cc1. The van der Waals surface area contributed by atoms with Crippen molar-refractivity contribution in [3.8, 4) is 5.75 Å². The maximum atomic E-state index is 9.11. The highest BCUT2D eigenvalue weighted by Gasteiger charge is 1.98. The molecule has 0 aromatic heterocycles. The van der Waals surface area contributed by atoms with Crippen molar-refractivity contribution in [3.63, 3.8) is 0 Å². The van der Waals surface area contributed by atoms with Crippen LogP contribution in [-0.4, -0.2) is 24.1 Å². The van der Waals surface area contributed by atoms with Gasteiger partial charge < -0.3 is 5.11 Å². The quantitative estimate of drug-likeness (QED) is 0.738. The molecule has 78 valence electrons. The Morgan fingerprint density at radius 2 is 1.86 bits per heavy atom. The molecule has 1 aromatic rings. The van der Waals surface area contributed by atoms with Crippen molar-refractivity contribution in [1.82, 2.24) is 0 Å².